The van der Waals surface area contributed by atoms with Crippen LogP contribution in [0.5, 0.6) is 0 Å². The lowest BCUT2D eigenvalue weighted by atomic mass is 10.1. The van der Waals surface area contributed by atoms with Gasteiger partial charge in [0.05, 0.1) is 18.4 Å². The molecular formula is C14H21NO5. The molecule has 1 aliphatic heterocycles. The van der Waals surface area contributed by atoms with Gasteiger partial charge in [-0.2, -0.15) is 0 Å². The molecule has 112 valence electrons. The van der Waals surface area contributed by atoms with E-state index in [2.05, 4.69) is 0 Å². The number of ether oxygens (including phenoxy) is 1. The Morgan fingerprint density at radius 1 is 1.30 bits per heavy atom. The first-order chi connectivity index (χ1) is 9.32. The van der Waals surface area contributed by atoms with E-state index in [9.17, 15) is 14.4 Å². The number of aliphatic carboxylic acids is 1. The first-order valence-electron chi connectivity index (χ1n) is 7.02. The van der Waals surface area contributed by atoms with Crippen molar-refractivity contribution < 1.29 is 24.2 Å². The van der Waals surface area contributed by atoms with Gasteiger partial charge in [0.15, 0.2) is 0 Å². The lowest BCUT2D eigenvalue weighted by molar-refractivity contribution is -0.153. The summed E-state index contributed by atoms with van der Waals surface area (Å²) in [5.41, 5.74) is -0.537. The number of carboxylic acid groups (broad SMARTS) is 1. The smallest absolute Gasteiger partial charge is 0.328 e. The van der Waals surface area contributed by atoms with Crippen molar-refractivity contribution in [2.24, 2.45) is 17.3 Å². The summed E-state index contributed by atoms with van der Waals surface area (Å²) in [4.78, 5) is 37.0. The molecule has 0 radical (unpaired) electrons. The largest absolute Gasteiger partial charge is 0.481 e. The number of rotatable bonds is 4. The average molecular weight is 283 g/mol. The highest BCUT2D eigenvalue weighted by atomic mass is 16.5. The molecule has 2 rings (SSSR count). The van der Waals surface area contributed by atoms with Gasteiger partial charge in [0, 0.05) is 6.54 Å². The maximum atomic E-state index is 12.5. The number of esters is 1. The zero-order valence-corrected chi connectivity index (χ0v) is 12.1. The highest BCUT2D eigenvalue weighted by Crippen LogP contribution is 2.59. The van der Waals surface area contributed by atoms with E-state index in [0.717, 1.165) is 6.42 Å². The number of carbonyl (C=O) groups is 3. The van der Waals surface area contributed by atoms with Crippen LogP contribution in [0.1, 0.15) is 33.6 Å². The molecule has 1 aliphatic carbocycles. The molecule has 0 aromatic rings. The first-order valence-corrected chi connectivity index (χ1v) is 7.02. The van der Waals surface area contributed by atoms with E-state index in [1.165, 1.54) is 4.90 Å². The van der Waals surface area contributed by atoms with Crippen molar-refractivity contribution in [3.63, 3.8) is 0 Å². The fraction of sp³-hybridized carbons (Fsp3) is 0.786. The van der Waals surface area contributed by atoms with Gasteiger partial charge in [0.25, 0.3) is 0 Å². The molecular weight excluding hydrogens is 262 g/mol. The zero-order valence-electron chi connectivity index (χ0n) is 12.1. The topological polar surface area (TPSA) is 83.9 Å². The molecule has 0 spiro atoms. The number of amides is 1. The Bertz CT molecular complexity index is 445. The minimum absolute atomic E-state index is 0.224. The summed E-state index contributed by atoms with van der Waals surface area (Å²) < 4.78 is 4.98. The molecule has 2 aliphatic rings. The maximum absolute atomic E-state index is 12.5. The quantitative estimate of drug-likeness (QED) is 0.775. The number of likely N-dealkylation sites (tertiary alicyclic amines) is 1. The van der Waals surface area contributed by atoms with Gasteiger partial charge in [-0.05, 0) is 25.2 Å². The van der Waals surface area contributed by atoms with Crippen molar-refractivity contribution >= 4 is 17.8 Å². The van der Waals surface area contributed by atoms with Gasteiger partial charge in [-0.15, -0.1) is 0 Å². The predicted octanol–water partition coefficient (Wildman–Crippen LogP) is 0.897. The van der Waals surface area contributed by atoms with Crippen LogP contribution in [0.25, 0.3) is 0 Å². The number of hydrogen-bond acceptors (Lipinski definition) is 4. The summed E-state index contributed by atoms with van der Waals surface area (Å²) in [6.45, 7) is 6.07. The standard InChI is InChI=1S/C14H21NO5/c1-4-20-13(19)8-6-5-7-15(8)11(16)9-10(12(17)18)14(9,2)3/h8-10H,4-7H2,1-3H3,(H,17,18)/t8?,9-,10+/m1/s1. The summed E-state index contributed by atoms with van der Waals surface area (Å²) in [5, 5.41) is 9.15. The molecule has 0 aromatic heterocycles. The number of carboxylic acids is 1. The van der Waals surface area contributed by atoms with Gasteiger partial charge in [0.1, 0.15) is 6.04 Å². The van der Waals surface area contributed by atoms with Crippen LogP contribution in [0.2, 0.25) is 0 Å². The van der Waals surface area contributed by atoms with Gasteiger partial charge in [0.2, 0.25) is 5.91 Å². The maximum Gasteiger partial charge on any atom is 0.328 e. The van der Waals surface area contributed by atoms with Crippen molar-refractivity contribution in [1.29, 1.82) is 0 Å². The van der Waals surface area contributed by atoms with Crippen molar-refractivity contribution in [3.8, 4) is 0 Å². The Hall–Kier alpha value is -1.59. The van der Waals surface area contributed by atoms with Crippen LogP contribution >= 0.6 is 0 Å². The Kier molecular flexibility index (Phi) is 3.75. The van der Waals surface area contributed by atoms with E-state index in [4.69, 9.17) is 9.84 Å². The van der Waals surface area contributed by atoms with Gasteiger partial charge in [-0.1, -0.05) is 13.8 Å². The molecule has 1 saturated heterocycles. The van der Waals surface area contributed by atoms with Crippen molar-refractivity contribution in [3.05, 3.63) is 0 Å². The Labute approximate surface area is 118 Å². The van der Waals surface area contributed by atoms with E-state index < -0.39 is 29.3 Å². The predicted molar refractivity (Wildman–Crippen MR) is 69.8 cm³/mol. The van der Waals surface area contributed by atoms with Crippen molar-refractivity contribution in [2.75, 3.05) is 13.2 Å². The SMILES string of the molecule is CCOC(=O)C1CCCN1C(=O)[C@H]1[C@@H](C(=O)O)C1(C)C. The molecule has 1 saturated carbocycles. The second kappa shape index (κ2) is 5.07. The fourth-order valence-electron chi connectivity index (χ4n) is 3.25. The summed E-state index contributed by atoms with van der Waals surface area (Å²) >= 11 is 0. The molecule has 0 bridgehead atoms. The summed E-state index contributed by atoms with van der Waals surface area (Å²) in [6.07, 6.45) is 1.34. The lowest BCUT2D eigenvalue weighted by Gasteiger charge is -2.23. The van der Waals surface area contributed by atoms with Gasteiger partial charge in [-0.3, -0.25) is 9.59 Å². The molecule has 0 aromatic carbocycles. The number of nitrogens with zero attached hydrogens (tertiary/aromatic N) is 1. The van der Waals surface area contributed by atoms with Crippen LogP contribution in [0, 0.1) is 17.3 Å². The van der Waals surface area contributed by atoms with Crippen LogP contribution in [-0.2, 0) is 19.1 Å². The monoisotopic (exact) mass is 283 g/mol. The summed E-state index contributed by atoms with van der Waals surface area (Å²) in [6, 6.07) is -0.548. The van der Waals surface area contributed by atoms with Crippen molar-refractivity contribution in [2.45, 2.75) is 39.7 Å². The molecule has 6 heteroatoms. The minimum Gasteiger partial charge on any atom is -0.481 e. The first kappa shape index (κ1) is 14.8. The fourth-order valence-corrected chi connectivity index (χ4v) is 3.25. The highest BCUT2D eigenvalue weighted by Gasteiger charge is 2.67. The van der Waals surface area contributed by atoms with Gasteiger partial charge < -0.3 is 14.7 Å². The molecule has 1 N–H and O–H groups in total. The molecule has 3 atom stereocenters. The summed E-state index contributed by atoms with van der Waals surface area (Å²) in [7, 11) is 0. The van der Waals surface area contributed by atoms with Crippen LogP contribution in [0.15, 0.2) is 0 Å². The van der Waals surface area contributed by atoms with Crippen molar-refractivity contribution in [1.82, 2.24) is 4.90 Å². The second-order valence-corrected chi connectivity index (χ2v) is 6.06. The molecule has 6 nitrogen and oxygen atoms in total. The zero-order chi connectivity index (χ0) is 15.1. The third kappa shape index (κ3) is 2.27. The van der Waals surface area contributed by atoms with E-state index in [0.29, 0.717) is 13.0 Å². The van der Waals surface area contributed by atoms with Gasteiger partial charge in [-0.25, -0.2) is 4.79 Å². The third-order valence-corrected chi connectivity index (χ3v) is 4.45. The Balaban J connectivity index is 2.10. The number of hydrogen-bond donors (Lipinski definition) is 1. The van der Waals surface area contributed by atoms with Crippen LogP contribution in [-0.4, -0.2) is 47.0 Å². The van der Waals surface area contributed by atoms with E-state index >= 15 is 0 Å². The second-order valence-electron chi connectivity index (χ2n) is 6.06. The lowest BCUT2D eigenvalue weighted by Crippen LogP contribution is -2.43. The number of carbonyl (C=O) groups excluding carboxylic acids is 2. The Morgan fingerprint density at radius 2 is 1.95 bits per heavy atom. The van der Waals surface area contributed by atoms with E-state index in [-0.39, 0.29) is 18.5 Å². The Morgan fingerprint density at radius 3 is 2.45 bits per heavy atom. The minimum atomic E-state index is -0.944. The average Bonchev–Trinajstić information content (AvgIpc) is 2.75. The normalized spacial score (nSPS) is 30.9. The van der Waals surface area contributed by atoms with Crippen LogP contribution in [0.4, 0.5) is 0 Å². The van der Waals surface area contributed by atoms with Crippen LogP contribution in [0.3, 0.4) is 0 Å². The summed E-state index contributed by atoms with van der Waals surface area (Å²) in [5.74, 6) is -2.74. The molecule has 2 fully saturated rings. The molecule has 1 heterocycles. The molecule has 1 unspecified atom stereocenters. The van der Waals surface area contributed by atoms with E-state index in [1.54, 1.807) is 20.8 Å². The molecule has 1 amide bonds. The molecule has 20 heavy (non-hydrogen) atoms. The third-order valence-electron chi connectivity index (χ3n) is 4.45. The highest BCUT2D eigenvalue weighted by molar-refractivity contribution is 5.94. The van der Waals surface area contributed by atoms with Crippen LogP contribution < -0.4 is 0 Å². The van der Waals surface area contributed by atoms with Gasteiger partial charge >= 0.3 is 11.9 Å². The van der Waals surface area contributed by atoms with E-state index in [1.807, 2.05) is 0 Å².